The lowest BCUT2D eigenvalue weighted by Gasteiger charge is -2.07. The molecule has 1 aromatic heterocycles. The first-order valence-electron chi connectivity index (χ1n) is 9.68. The van der Waals surface area contributed by atoms with Gasteiger partial charge >= 0.3 is 0 Å². The number of aryl methyl sites for hydroxylation is 1. The number of hydrogen-bond acceptors (Lipinski definition) is 3. The van der Waals surface area contributed by atoms with Gasteiger partial charge in [-0.25, -0.2) is 0 Å². The summed E-state index contributed by atoms with van der Waals surface area (Å²) >= 11 is 0. The molecule has 2 N–H and O–H groups in total. The van der Waals surface area contributed by atoms with Crippen molar-refractivity contribution in [2.75, 3.05) is 0 Å². The summed E-state index contributed by atoms with van der Waals surface area (Å²) in [6, 6.07) is 20.8. The standard InChI is InChI=1S/C24H21N3O3/c1-27-15-20(19-8-4-5-9-21(19)27)24(30)26-25-23(29)13-12-22(28)18-11-10-16-6-2-3-7-17(16)14-18/h2-11,14-15H,12-13H2,1H3,(H,25,29)(H,26,30). The number of nitrogens with one attached hydrogen (secondary N) is 2. The molecular weight excluding hydrogens is 378 g/mol. The van der Waals surface area contributed by atoms with E-state index in [0.717, 1.165) is 21.7 Å². The van der Waals surface area contributed by atoms with E-state index in [-0.39, 0.29) is 18.6 Å². The first-order valence-corrected chi connectivity index (χ1v) is 9.68. The zero-order chi connectivity index (χ0) is 21.1. The number of aromatic nitrogens is 1. The van der Waals surface area contributed by atoms with Crippen LogP contribution < -0.4 is 10.9 Å². The van der Waals surface area contributed by atoms with E-state index in [1.54, 1.807) is 12.3 Å². The Balaban J connectivity index is 1.33. The number of hydrogen-bond donors (Lipinski definition) is 2. The van der Waals surface area contributed by atoms with Crippen molar-refractivity contribution in [3.8, 4) is 0 Å². The van der Waals surface area contributed by atoms with Crippen LogP contribution in [0.2, 0.25) is 0 Å². The van der Waals surface area contributed by atoms with Crippen molar-refractivity contribution in [3.63, 3.8) is 0 Å². The molecule has 0 unspecified atom stereocenters. The van der Waals surface area contributed by atoms with Crippen LogP contribution in [0.4, 0.5) is 0 Å². The Kier molecular flexibility index (Phi) is 5.30. The van der Waals surface area contributed by atoms with Crippen LogP contribution in [0.25, 0.3) is 21.7 Å². The summed E-state index contributed by atoms with van der Waals surface area (Å²) in [7, 11) is 1.86. The van der Waals surface area contributed by atoms with E-state index in [1.807, 2.05) is 72.3 Å². The van der Waals surface area contributed by atoms with E-state index >= 15 is 0 Å². The molecule has 2 amide bonds. The number of carbonyl (C=O) groups is 3. The summed E-state index contributed by atoms with van der Waals surface area (Å²) in [5, 5.41) is 2.84. The fourth-order valence-electron chi connectivity index (χ4n) is 3.51. The van der Waals surface area contributed by atoms with Gasteiger partial charge in [-0.3, -0.25) is 25.2 Å². The largest absolute Gasteiger partial charge is 0.350 e. The molecule has 0 aliphatic heterocycles. The maximum Gasteiger partial charge on any atom is 0.271 e. The van der Waals surface area contributed by atoms with E-state index in [2.05, 4.69) is 10.9 Å². The average Bonchev–Trinajstić information content (AvgIpc) is 3.12. The minimum atomic E-state index is -0.419. The molecule has 30 heavy (non-hydrogen) atoms. The van der Waals surface area contributed by atoms with Crippen molar-refractivity contribution in [1.82, 2.24) is 15.4 Å². The quantitative estimate of drug-likeness (QED) is 0.396. The van der Waals surface area contributed by atoms with Crippen molar-refractivity contribution in [3.05, 3.63) is 84.1 Å². The molecule has 0 saturated carbocycles. The lowest BCUT2D eigenvalue weighted by molar-refractivity contribution is -0.121. The second-order valence-corrected chi connectivity index (χ2v) is 7.16. The van der Waals surface area contributed by atoms with Gasteiger partial charge in [0.05, 0.1) is 5.56 Å². The Morgan fingerprint density at radius 3 is 2.40 bits per heavy atom. The highest BCUT2D eigenvalue weighted by atomic mass is 16.2. The zero-order valence-electron chi connectivity index (χ0n) is 16.5. The number of nitrogens with zero attached hydrogens (tertiary/aromatic N) is 1. The van der Waals surface area contributed by atoms with Crippen LogP contribution in [0, 0.1) is 0 Å². The number of Topliss-reactive ketones (excluding diaryl/α,β-unsaturated/α-hetero) is 1. The second kappa shape index (κ2) is 8.21. The van der Waals surface area contributed by atoms with Gasteiger partial charge in [-0.2, -0.15) is 0 Å². The number of benzene rings is 3. The first-order chi connectivity index (χ1) is 14.5. The monoisotopic (exact) mass is 399 g/mol. The Morgan fingerprint density at radius 1 is 0.833 bits per heavy atom. The van der Waals surface area contributed by atoms with Crippen LogP contribution in [0.1, 0.15) is 33.6 Å². The van der Waals surface area contributed by atoms with E-state index < -0.39 is 11.8 Å². The average molecular weight is 399 g/mol. The molecule has 6 nitrogen and oxygen atoms in total. The van der Waals surface area contributed by atoms with Crippen LogP contribution in [0.3, 0.4) is 0 Å². The fourth-order valence-corrected chi connectivity index (χ4v) is 3.51. The Hall–Kier alpha value is -3.93. The van der Waals surface area contributed by atoms with Gasteiger partial charge in [0.15, 0.2) is 5.78 Å². The predicted octanol–water partition coefficient (Wildman–Crippen LogP) is 3.76. The Labute approximate surface area is 173 Å². The van der Waals surface area contributed by atoms with Crippen LogP contribution in [0.15, 0.2) is 72.9 Å². The van der Waals surface area contributed by atoms with E-state index in [1.165, 1.54) is 0 Å². The van der Waals surface area contributed by atoms with Crippen LogP contribution in [0.5, 0.6) is 0 Å². The molecule has 4 rings (SSSR count). The van der Waals surface area contributed by atoms with Gasteiger partial charge in [0.25, 0.3) is 5.91 Å². The van der Waals surface area contributed by atoms with Crippen molar-refractivity contribution in [1.29, 1.82) is 0 Å². The minimum Gasteiger partial charge on any atom is -0.350 e. The summed E-state index contributed by atoms with van der Waals surface area (Å²) in [4.78, 5) is 37.0. The number of para-hydroxylation sites is 1. The molecule has 0 aliphatic rings. The number of fused-ring (bicyclic) bond motifs is 2. The van der Waals surface area contributed by atoms with Crippen molar-refractivity contribution in [2.45, 2.75) is 12.8 Å². The van der Waals surface area contributed by atoms with Gasteiger partial charge in [-0.1, -0.05) is 54.6 Å². The number of amides is 2. The highest BCUT2D eigenvalue weighted by molar-refractivity contribution is 6.07. The summed E-state index contributed by atoms with van der Waals surface area (Å²) in [6.07, 6.45) is 1.77. The fraction of sp³-hybridized carbons (Fsp3) is 0.125. The molecule has 150 valence electrons. The van der Waals surface area contributed by atoms with Crippen LogP contribution >= 0.6 is 0 Å². The number of rotatable bonds is 5. The normalized spacial score (nSPS) is 10.8. The second-order valence-electron chi connectivity index (χ2n) is 7.16. The summed E-state index contributed by atoms with van der Waals surface area (Å²) in [5.41, 5.74) is 6.79. The third kappa shape index (κ3) is 3.93. The predicted molar refractivity (Wildman–Crippen MR) is 116 cm³/mol. The summed E-state index contributed by atoms with van der Waals surface area (Å²) in [5.74, 6) is -0.935. The summed E-state index contributed by atoms with van der Waals surface area (Å²) < 4.78 is 1.86. The molecule has 0 fully saturated rings. The highest BCUT2D eigenvalue weighted by Crippen LogP contribution is 2.20. The minimum absolute atomic E-state index is 0.0124. The molecular formula is C24H21N3O3. The number of ketones is 1. The Bertz CT molecular complexity index is 1270. The molecule has 6 heteroatoms. The van der Waals surface area contributed by atoms with Crippen LogP contribution in [-0.2, 0) is 11.8 Å². The molecule has 1 heterocycles. The molecule has 0 saturated heterocycles. The third-order valence-electron chi connectivity index (χ3n) is 5.11. The SMILES string of the molecule is Cn1cc(C(=O)NNC(=O)CCC(=O)c2ccc3ccccc3c2)c2ccccc21. The van der Waals surface area contributed by atoms with Gasteiger partial charge in [0.1, 0.15) is 0 Å². The lowest BCUT2D eigenvalue weighted by Crippen LogP contribution is -2.41. The molecule has 0 spiro atoms. The summed E-state index contributed by atoms with van der Waals surface area (Å²) in [6.45, 7) is 0. The van der Waals surface area contributed by atoms with E-state index in [9.17, 15) is 14.4 Å². The molecule has 0 atom stereocenters. The highest BCUT2D eigenvalue weighted by Gasteiger charge is 2.15. The topological polar surface area (TPSA) is 80.2 Å². The van der Waals surface area contributed by atoms with E-state index in [4.69, 9.17) is 0 Å². The van der Waals surface area contributed by atoms with Gasteiger partial charge in [-0.05, 0) is 22.9 Å². The maximum absolute atomic E-state index is 12.5. The molecule has 0 radical (unpaired) electrons. The molecule has 3 aromatic carbocycles. The molecule has 0 aliphatic carbocycles. The van der Waals surface area contributed by atoms with Gasteiger partial charge in [0, 0.05) is 42.6 Å². The molecule has 0 bridgehead atoms. The first kappa shape index (κ1) is 19.4. The lowest BCUT2D eigenvalue weighted by atomic mass is 10.0. The molecule has 4 aromatic rings. The smallest absolute Gasteiger partial charge is 0.271 e. The third-order valence-corrected chi connectivity index (χ3v) is 5.11. The maximum atomic E-state index is 12.5. The van der Waals surface area contributed by atoms with Crippen molar-refractivity contribution < 1.29 is 14.4 Å². The Morgan fingerprint density at radius 2 is 1.57 bits per heavy atom. The van der Waals surface area contributed by atoms with Gasteiger partial charge < -0.3 is 4.57 Å². The van der Waals surface area contributed by atoms with Crippen molar-refractivity contribution >= 4 is 39.3 Å². The van der Waals surface area contributed by atoms with Gasteiger partial charge in [0.2, 0.25) is 5.91 Å². The van der Waals surface area contributed by atoms with E-state index in [0.29, 0.717) is 11.1 Å². The number of carbonyl (C=O) groups excluding carboxylic acids is 3. The zero-order valence-corrected chi connectivity index (χ0v) is 16.5. The number of hydrazine groups is 1. The van der Waals surface area contributed by atoms with Gasteiger partial charge in [-0.15, -0.1) is 0 Å². The van der Waals surface area contributed by atoms with Crippen molar-refractivity contribution in [2.24, 2.45) is 7.05 Å². The van der Waals surface area contributed by atoms with Crippen LogP contribution in [-0.4, -0.2) is 22.2 Å².